The first-order valence-corrected chi connectivity index (χ1v) is 10.1. The van der Waals surface area contributed by atoms with Gasteiger partial charge in [0, 0.05) is 24.7 Å². The van der Waals surface area contributed by atoms with Crippen LogP contribution in [0.5, 0.6) is 11.5 Å². The van der Waals surface area contributed by atoms with E-state index in [2.05, 4.69) is 15.9 Å². The molecule has 28 heavy (non-hydrogen) atoms. The lowest BCUT2D eigenvalue weighted by molar-refractivity contribution is -0.139. The predicted molar refractivity (Wildman–Crippen MR) is 107 cm³/mol. The first-order chi connectivity index (χ1) is 13.4. The van der Waals surface area contributed by atoms with Gasteiger partial charge in [-0.05, 0) is 39.8 Å². The molecule has 0 atom stereocenters. The summed E-state index contributed by atoms with van der Waals surface area (Å²) < 4.78 is 16.5. The molecule has 3 amide bonds. The van der Waals surface area contributed by atoms with Crippen molar-refractivity contribution in [2.45, 2.75) is 0 Å². The molecule has 3 rings (SSSR count). The van der Waals surface area contributed by atoms with Crippen LogP contribution in [0.25, 0.3) is 6.08 Å². The van der Waals surface area contributed by atoms with Crippen LogP contribution in [0.15, 0.2) is 21.5 Å². The lowest BCUT2D eigenvalue weighted by Crippen LogP contribution is -2.46. The molecule has 0 aliphatic carbocycles. The van der Waals surface area contributed by atoms with E-state index in [-0.39, 0.29) is 17.4 Å². The van der Waals surface area contributed by atoms with Crippen molar-refractivity contribution < 1.29 is 28.6 Å². The number of carbonyl (C=O) groups excluding carboxylic acids is 3. The van der Waals surface area contributed by atoms with E-state index in [9.17, 15) is 14.4 Å². The molecule has 8 nitrogen and oxygen atoms in total. The number of ether oxygens (including phenoxy) is 3. The smallest absolute Gasteiger partial charge is 0.294 e. The SMILES string of the molecule is COc1cc(OC)c(/C=C2/SC(=O)N(CC(=O)N3CCOCC3)C2=O)cc1Br. The van der Waals surface area contributed by atoms with Crippen LogP contribution in [0.3, 0.4) is 0 Å². The molecular formula is C18H19BrN2O6S. The number of carbonyl (C=O) groups is 3. The predicted octanol–water partition coefficient (Wildman–Crippen LogP) is 2.36. The Morgan fingerprint density at radius 1 is 1.21 bits per heavy atom. The van der Waals surface area contributed by atoms with Gasteiger partial charge in [0.05, 0.1) is 36.8 Å². The van der Waals surface area contributed by atoms with Gasteiger partial charge < -0.3 is 19.1 Å². The van der Waals surface area contributed by atoms with Crippen LogP contribution < -0.4 is 9.47 Å². The third-order valence-corrected chi connectivity index (χ3v) is 5.85. The summed E-state index contributed by atoms with van der Waals surface area (Å²) in [4.78, 5) is 40.2. The fraction of sp³-hybridized carbons (Fsp3) is 0.389. The van der Waals surface area contributed by atoms with Crippen LogP contribution in [-0.4, -0.2) is 73.9 Å². The number of rotatable bonds is 5. The van der Waals surface area contributed by atoms with Crippen molar-refractivity contribution in [1.29, 1.82) is 0 Å². The Bertz CT molecular complexity index is 838. The number of thioether (sulfide) groups is 1. The van der Waals surface area contributed by atoms with Gasteiger partial charge >= 0.3 is 0 Å². The van der Waals surface area contributed by atoms with E-state index in [1.807, 2.05) is 0 Å². The molecule has 1 aromatic carbocycles. The standard InChI is InChI=1S/C18H19BrN2O6S/c1-25-13-9-14(26-2)12(19)7-11(13)8-15-17(23)21(18(24)28-15)10-16(22)20-3-5-27-6-4-20/h7-9H,3-6,10H2,1-2H3/b15-8+. The van der Waals surface area contributed by atoms with Crippen molar-refractivity contribution in [2.75, 3.05) is 47.1 Å². The highest BCUT2D eigenvalue weighted by Gasteiger charge is 2.37. The highest BCUT2D eigenvalue weighted by Crippen LogP contribution is 2.37. The zero-order valence-corrected chi connectivity index (χ0v) is 17.8. The Morgan fingerprint density at radius 2 is 1.89 bits per heavy atom. The van der Waals surface area contributed by atoms with E-state index >= 15 is 0 Å². The largest absolute Gasteiger partial charge is 0.496 e. The number of morpholine rings is 1. The van der Waals surface area contributed by atoms with Gasteiger partial charge in [0.25, 0.3) is 11.1 Å². The Morgan fingerprint density at radius 3 is 2.54 bits per heavy atom. The average molecular weight is 471 g/mol. The highest BCUT2D eigenvalue weighted by molar-refractivity contribution is 9.10. The molecule has 0 saturated carbocycles. The Kier molecular flexibility index (Phi) is 6.63. The highest BCUT2D eigenvalue weighted by atomic mass is 79.9. The summed E-state index contributed by atoms with van der Waals surface area (Å²) in [6.45, 7) is 1.56. The van der Waals surface area contributed by atoms with Gasteiger partial charge in [-0.2, -0.15) is 0 Å². The number of methoxy groups -OCH3 is 2. The summed E-state index contributed by atoms with van der Waals surface area (Å²) in [7, 11) is 3.04. The van der Waals surface area contributed by atoms with Crippen molar-refractivity contribution >= 4 is 50.8 Å². The number of hydrogen-bond donors (Lipinski definition) is 0. The van der Waals surface area contributed by atoms with Crippen molar-refractivity contribution in [3.63, 3.8) is 0 Å². The van der Waals surface area contributed by atoms with Crippen LogP contribution in [0.4, 0.5) is 4.79 Å². The summed E-state index contributed by atoms with van der Waals surface area (Å²) >= 11 is 4.20. The maximum absolute atomic E-state index is 12.7. The molecule has 0 aromatic heterocycles. The minimum absolute atomic E-state index is 0.232. The van der Waals surface area contributed by atoms with E-state index < -0.39 is 11.1 Å². The summed E-state index contributed by atoms with van der Waals surface area (Å²) in [6, 6.07) is 3.42. The maximum atomic E-state index is 12.7. The molecule has 0 spiro atoms. The van der Waals surface area contributed by atoms with Gasteiger partial charge in [0.2, 0.25) is 5.91 Å². The lowest BCUT2D eigenvalue weighted by Gasteiger charge is -2.28. The zero-order chi connectivity index (χ0) is 20.3. The van der Waals surface area contributed by atoms with E-state index in [4.69, 9.17) is 14.2 Å². The van der Waals surface area contributed by atoms with Crippen LogP contribution >= 0.6 is 27.7 Å². The molecule has 2 fully saturated rings. The van der Waals surface area contributed by atoms with Crippen LogP contribution in [-0.2, 0) is 14.3 Å². The second-order valence-corrected chi connectivity index (χ2v) is 7.84. The monoisotopic (exact) mass is 470 g/mol. The Labute approximate surface area is 174 Å². The van der Waals surface area contributed by atoms with Crippen LogP contribution in [0.2, 0.25) is 0 Å². The number of nitrogens with zero attached hydrogens (tertiary/aromatic N) is 2. The van der Waals surface area contributed by atoms with Gasteiger partial charge in [-0.15, -0.1) is 0 Å². The second kappa shape index (κ2) is 8.97. The van der Waals surface area contributed by atoms with Gasteiger partial charge in [-0.3, -0.25) is 19.3 Å². The summed E-state index contributed by atoms with van der Waals surface area (Å²) in [5, 5.41) is -0.468. The molecule has 0 unspecified atom stereocenters. The molecule has 2 aliphatic heterocycles. The van der Waals surface area contributed by atoms with Gasteiger partial charge in [0.1, 0.15) is 18.0 Å². The number of halogens is 1. The molecule has 0 N–H and O–H groups in total. The van der Waals surface area contributed by atoms with Crippen molar-refractivity contribution in [3.05, 3.63) is 27.1 Å². The van der Waals surface area contributed by atoms with Gasteiger partial charge in [-0.25, -0.2) is 0 Å². The normalized spacial score (nSPS) is 18.8. The van der Waals surface area contributed by atoms with Crippen LogP contribution in [0, 0.1) is 0 Å². The second-order valence-electron chi connectivity index (χ2n) is 5.99. The van der Waals surface area contributed by atoms with E-state index in [1.54, 1.807) is 23.1 Å². The molecule has 150 valence electrons. The molecule has 2 heterocycles. The van der Waals surface area contributed by atoms with E-state index in [0.717, 1.165) is 16.7 Å². The average Bonchev–Trinajstić information content (AvgIpc) is 2.96. The maximum Gasteiger partial charge on any atom is 0.294 e. The first-order valence-electron chi connectivity index (χ1n) is 8.47. The summed E-state index contributed by atoms with van der Waals surface area (Å²) in [6.07, 6.45) is 1.58. The van der Waals surface area contributed by atoms with E-state index in [0.29, 0.717) is 47.8 Å². The first kappa shape index (κ1) is 20.7. The molecule has 2 aliphatic rings. The lowest BCUT2D eigenvalue weighted by atomic mass is 10.1. The molecule has 2 saturated heterocycles. The molecule has 10 heteroatoms. The van der Waals surface area contributed by atoms with Gasteiger partial charge in [0.15, 0.2) is 0 Å². The summed E-state index contributed by atoms with van der Waals surface area (Å²) in [5.74, 6) is 0.316. The van der Waals surface area contributed by atoms with Crippen molar-refractivity contribution in [3.8, 4) is 11.5 Å². The number of imide groups is 1. The molecule has 0 bridgehead atoms. The molecular weight excluding hydrogens is 452 g/mol. The molecule has 1 aromatic rings. The van der Waals surface area contributed by atoms with Crippen molar-refractivity contribution in [1.82, 2.24) is 9.80 Å². The fourth-order valence-electron chi connectivity index (χ4n) is 2.82. The van der Waals surface area contributed by atoms with E-state index in [1.165, 1.54) is 14.2 Å². The van der Waals surface area contributed by atoms with Crippen LogP contribution in [0.1, 0.15) is 5.56 Å². The zero-order valence-electron chi connectivity index (χ0n) is 15.4. The third kappa shape index (κ3) is 4.34. The Balaban J connectivity index is 1.79. The van der Waals surface area contributed by atoms with Gasteiger partial charge in [-0.1, -0.05) is 0 Å². The minimum Gasteiger partial charge on any atom is -0.496 e. The third-order valence-electron chi connectivity index (χ3n) is 4.32. The topological polar surface area (TPSA) is 85.4 Å². The summed E-state index contributed by atoms with van der Waals surface area (Å²) in [5.41, 5.74) is 0.611. The number of benzene rings is 1. The quantitative estimate of drug-likeness (QED) is 0.610. The number of hydrogen-bond acceptors (Lipinski definition) is 7. The Hall–Kier alpha value is -2.04. The fourth-order valence-corrected chi connectivity index (χ4v) is 4.17. The van der Waals surface area contributed by atoms with Crippen molar-refractivity contribution in [2.24, 2.45) is 0 Å². The minimum atomic E-state index is -0.495. The molecule has 0 radical (unpaired) electrons. The number of amides is 3.